The van der Waals surface area contributed by atoms with Crippen molar-refractivity contribution in [2.24, 2.45) is 11.8 Å². The number of nitrogens with zero attached hydrogens (tertiary/aromatic N) is 1. The number of alkyl halides is 6. The molecule has 14 heteroatoms. The van der Waals surface area contributed by atoms with Gasteiger partial charge in [0, 0.05) is 11.6 Å². The normalized spacial score (nSPS) is 32.5. The Kier molecular flexibility index (Phi) is 6.84. The molecule has 4 aliphatic rings. The fourth-order valence-corrected chi connectivity index (χ4v) is 6.26. The Hall–Kier alpha value is -2.84. The molecule has 2 amide bonds. The lowest BCUT2D eigenvalue weighted by molar-refractivity contribution is -0.166. The number of hydrazine groups is 2. The van der Waals surface area contributed by atoms with Crippen LogP contribution < -0.4 is 26.9 Å². The molecule has 6 unspecified atom stereocenters. The molecule has 0 radical (unpaired) electrons. The second-order valence-electron chi connectivity index (χ2n) is 10.2. The second-order valence-corrected chi connectivity index (χ2v) is 10.2. The second kappa shape index (κ2) is 9.72. The smallest absolute Gasteiger partial charge is 0.366 e. The first-order valence-electron chi connectivity index (χ1n) is 12.5. The zero-order chi connectivity index (χ0) is 27.4. The highest BCUT2D eigenvalue weighted by molar-refractivity contribution is 6.19. The van der Waals surface area contributed by atoms with Crippen molar-refractivity contribution in [3.63, 3.8) is 0 Å². The lowest BCUT2D eigenvalue weighted by atomic mass is 9.83. The molecular formula is C24H28F6N6O2. The number of amides is 2. The van der Waals surface area contributed by atoms with E-state index in [1.165, 1.54) is 19.1 Å². The van der Waals surface area contributed by atoms with E-state index in [4.69, 9.17) is 0 Å². The van der Waals surface area contributed by atoms with Crippen LogP contribution in [0.25, 0.3) is 0 Å². The van der Waals surface area contributed by atoms with Gasteiger partial charge in [-0.2, -0.15) is 26.3 Å². The number of hydrogen-bond acceptors (Lipinski definition) is 6. The average molecular weight is 547 g/mol. The molecule has 38 heavy (non-hydrogen) atoms. The topological polar surface area (TPSA) is 97.5 Å². The van der Waals surface area contributed by atoms with Gasteiger partial charge in [0.1, 0.15) is 23.8 Å². The first-order valence-corrected chi connectivity index (χ1v) is 12.5. The number of rotatable bonds is 4. The van der Waals surface area contributed by atoms with Crippen LogP contribution in [-0.2, 0) is 9.59 Å². The number of allylic oxidation sites excluding steroid dienone is 1. The molecule has 6 atom stereocenters. The zero-order valence-corrected chi connectivity index (χ0v) is 20.3. The van der Waals surface area contributed by atoms with Gasteiger partial charge in [0.2, 0.25) is 0 Å². The Morgan fingerprint density at radius 2 is 1.61 bits per heavy atom. The van der Waals surface area contributed by atoms with Gasteiger partial charge in [-0.3, -0.25) is 9.59 Å². The Morgan fingerprint density at radius 3 is 2.21 bits per heavy atom. The standard InChI is InChI=1S/C24H28F6N6O2/c1-11-14(21(37)32-19-15(12-9-5-6-10-12)17(33-34-19)23(25,26)27)22(38)36-20(31-11)16(13-7-3-2-4-8-13)18(35-36)24(28,29)30/h2-4,7-8,12,15-20,31,33-35H,5-6,9-10H2,1H3,(H,32,37). The molecule has 2 saturated heterocycles. The van der Waals surface area contributed by atoms with Crippen LogP contribution in [0.3, 0.4) is 0 Å². The quantitative estimate of drug-likeness (QED) is 0.294. The fourth-order valence-electron chi connectivity index (χ4n) is 6.26. The van der Waals surface area contributed by atoms with Crippen LogP contribution >= 0.6 is 0 Å². The Morgan fingerprint density at radius 1 is 0.974 bits per heavy atom. The number of halogens is 6. The van der Waals surface area contributed by atoms with Crippen molar-refractivity contribution >= 4 is 11.8 Å². The van der Waals surface area contributed by atoms with Crippen LogP contribution in [0.4, 0.5) is 26.3 Å². The summed E-state index contributed by atoms with van der Waals surface area (Å²) in [6, 6.07) is 3.90. The predicted molar refractivity (Wildman–Crippen MR) is 122 cm³/mol. The van der Waals surface area contributed by atoms with E-state index in [0.29, 0.717) is 18.4 Å². The summed E-state index contributed by atoms with van der Waals surface area (Å²) < 4.78 is 83.1. The molecule has 1 aromatic carbocycles. The minimum absolute atomic E-state index is 0.0371. The van der Waals surface area contributed by atoms with Crippen LogP contribution in [0.5, 0.6) is 0 Å². The van der Waals surface area contributed by atoms with Gasteiger partial charge in [0.05, 0.1) is 12.1 Å². The van der Waals surface area contributed by atoms with Gasteiger partial charge in [-0.05, 0) is 31.2 Å². The lowest BCUT2D eigenvalue weighted by Gasteiger charge is -2.35. The summed E-state index contributed by atoms with van der Waals surface area (Å²) in [5.74, 6) is -4.49. The van der Waals surface area contributed by atoms with E-state index in [0.717, 1.165) is 17.9 Å². The first-order chi connectivity index (χ1) is 17.9. The SMILES string of the molecule is CC1=C(C(=O)NC2NNC(C(F)(F)F)C2C2CCCC2)C(=O)N2NC(C(F)(F)F)C(c3ccccc3)C2N1. The molecule has 8 nitrogen and oxygen atoms in total. The highest BCUT2D eigenvalue weighted by Crippen LogP contribution is 2.43. The number of fused-ring (bicyclic) bond motifs is 1. The number of hydrogen-bond donors (Lipinski definition) is 5. The maximum absolute atomic E-state index is 14.0. The molecule has 1 saturated carbocycles. The van der Waals surface area contributed by atoms with Crippen molar-refractivity contribution in [2.75, 3.05) is 0 Å². The minimum Gasteiger partial charge on any atom is -0.366 e. The van der Waals surface area contributed by atoms with E-state index in [1.54, 1.807) is 18.2 Å². The molecule has 5 rings (SSSR count). The van der Waals surface area contributed by atoms with E-state index in [1.807, 2.05) is 0 Å². The third-order valence-electron chi connectivity index (χ3n) is 7.94. The molecule has 208 valence electrons. The zero-order valence-electron chi connectivity index (χ0n) is 20.3. The van der Waals surface area contributed by atoms with E-state index in [2.05, 4.69) is 26.9 Å². The lowest BCUT2D eigenvalue weighted by Crippen LogP contribution is -2.58. The maximum Gasteiger partial charge on any atom is 0.406 e. The molecule has 3 fully saturated rings. The number of carbonyl (C=O) groups excluding carboxylic acids is 2. The maximum atomic E-state index is 14.0. The van der Waals surface area contributed by atoms with Gasteiger partial charge in [-0.15, -0.1) is 0 Å². The van der Waals surface area contributed by atoms with Crippen molar-refractivity contribution in [1.29, 1.82) is 0 Å². The largest absolute Gasteiger partial charge is 0.406 e. The predicted octanol–water partition coefficient (Wildman–Crippen LogP) is 2.54. The van der Waals surface area contributed by atoms with Gasteiger partial charge in [-0.25, -0.2) is 21.3 Å². The van der Waals surface area contributed by atoms with E-state index < -0.39 is 66.0 Å². The molecule has 3 aliphatic heterocycles. The van der Waals surface area contributed by atoms with E-state index in [-0.39, 0.29) is 11.6 Å². The average Bonchev–Trinajstić information content (AvgIpc) is 3.57. The summed E-state index contributed by atoms with van der Waals surface area (Å²) in [6.07, 6.45) is -8.83. The van der Waals surface area contributed by atoms with Crippen molar-refractivity contribution < 1.29 is 35.9 Å². The molecule has 0 bridgehead atoms. The molecule has 0 spiro atoms. The molecule has 3 heterocycles. The molecule has 1 aliphatic carbocycles. The summed E-state index contributed by atoms with van der Waals surface area (Å²) in [4.78, 5) is 26.6. The molecule has 1 aromatic rings. The fraction of sp³-hybridized carbons (Fsp3) is 0.583. The van der Waals surface area contributed by atoms with Crippen molar-refractivity contribution in [1.82, 2.24) is 31.9 Å². The highest BCUT2D eigenvalue weighted by atomic mass is 19.4. The Balaban J connectivity index is 1.40. The van der Waals surface area contributed by atoms with Crippen molar-refractivity contribution in [2.45, 2.75) is 75.3 Å². The van der Waals surface area contributed by atoms with Crippen LogP contribution in [0.2, 0.25) is 0 Å². The summed E-state index contributed by atoms with van der Waals surface area (Å²) in [5.41, 5.74) is 6.87. The number of carbonyl (C=O) groups is 2. The first kappa shape index (κ1) is 26.8. The highest BCUT2D eigenvalue weighted by Gasteiger charge is 2.59. The molecule has 5 N–H and O–H groups in total. The van der Waals surface area contributed by atoms with Crippen LogP contribution in [-0.4, -0.2) is 53.6 Å². The van der Waals surface area contributed by atoms with Crippen LogP contribution in [0.15, 0.2) is 41.6 Å². The van der Waals surface area contributed by atoms with Crippen molar-refractivity contribution in [3.05, 3.63) is 47.2 Å². The number of benzene rings is 1. The minimum atomic E-state index is -4.71. The van der Waals surface area contributed by atoms with Gasteiger partial charge in [0.15, 0.2) is 0 Å². The molecule has 0 aromatic heterocycles. The van der Waals surface area contributed by atoms with Crippen LogP contribution in [0.1, 0.15) is 44.1 Å². The van der Waals surface area contributed by atoms with E-state index >= 15 is 0 Å². The Bertz CT molecular complexity index is 1100. The molecular weight excluding hydrogens is 518 g/mol. The van der Waals surface area contributed by atoms with Crippen molar-refractivity contribution in [3.8, 4) is 0 Å². The van der Waals surface area contributed by atoms with Gasteiger partial charge >= 0.3 is 12.4 Å². The van der Waals surface area contributed by atoms with Gasteiger partial charge < -0.3 is 10.6 Å². The van der Waals surface area contributed by atoms with Crippen LogP contribution in [0, 0.1) is 11.8 Å². The van der Waals surface area contributed by atoms with E-state index in [9.17, 15) is 35.9 Å². The summed E-state index contributed by atoms with van der Waals surface area (Å²) in [7, 11) is 0. The number of nitrogens with one attached hydrogen (secondary N) is 5. The summed E-state index contributed by atoms with van der Waals surface area (Å²) in [6.45, 7) is 1.39. The summed E-state index contributed by atoms with van der Waals surface area (Å²) >= 11 is 0. The monoisotopic (exact) mass is 546 g/mol. The van der Waals surface area contributed by atoms with Gasteiger partial charge in [0.25, 0.3) is 11.8 Å². The van der Waals surface area contributed by atoms with Gasteiger partial charge in [-0.1, -0.05) is 43.2 Å². The third kappa shape index (κ3) is 4.73. The summed E-state index contributed by atoms with van der Waals surface area (Å²) in [5, 5.41) is 6.11. The Labute approximate surface area is 214 Å². The third-order valence-corrected chi connectivity index (χ3v) is 7.94.